The summed E-state index contributed by atoms with van der Waals surface area (Å²) in [4.78, 5) is 30.0. The maximum absolute atomic E-state index is 12.5. The van der Waals surface area contributed by atoms with E-state index in [1.807, 2.05) is 32.0 Å². The van der Waals surface area contributed by atoms with E-state index < -0.39 is 5.97 Å². The third kappa shape index (κ3) is 4.48. The van der Waals surface area contributed by atoms with Gasteiger partial charge in [-0.2, -0.15) is 0 Å². The molecule has 0 saturated carbocycles. The molecule has 2 aromatic rings. The number of benzene rings is 1. The van der Waals surface area contributed by atoms with Crippen LogP contribution < -0.4 is 10.2 Å². The molecule has 1 saturated heterocycles. The van der Waals surface area contributed by atoms with Crippen molar-refractivity contribution in [1.29, 1.82) is 0 Å². The van der Waals surface area contributed by atoms with Gasteiger partial charge in [-0.25, -0.2) is 4.79 Å². The number of carbonyl (C=O) groups is 2. The van der Waals surface area contributed by atoms with Gasteiger partial charge in [0.15, 0.2) is 0 Å². The standard InChI is InChI=1S/C20H25N3O3S/c1-14-15(2)27-19(18(14)20(25)26-3)21-17(24)13-22-9-11-23(12-10-22)16-7-5-4-6-8-16/h4-8H,9-13H2,1-3H3,(H,21,24). The molecule has 144 valence electrons. The first-order valence-electron chi connectivity index (χ1n) is 9.00. The van der Waals surface area contributed by atoms with E-state index >= 15 is 0 Å². The minimum absolute atomic E-state index is 0.102. The highest BCUT2D eigenvalue weighted by atomic mass is 32.1. The Labute approximate surface area is 163 Å². The van der Waals surface area contributed by atoms with E-state index in [9.17, 15) is 9.59 Å². The van der Waals surface area contributed by atoms with Gasteiger partial charge in [-0.1, -0.05) is 18.2 Å². The summed E-state index contributed by atoms with van der Waals surface area (Å²) in [5.74, 6) is -0.516. The predicted molar refractivity (Wildman–Crippen MR) is 109 cm³/mol. The number of amides is 1. The molecule has 0 atom stereocenters. The summed E-state index contributed by atoms with van der Waals surface area (Å²) in [6.45, 7) is 7.56. The minimum Gasteiger partial charge on any atom is -0.465 e. The van der Waals surface area contributed by atoms with Gasteiger partial charge in [-0.15, -0.1) is 11.3 Å². The molecule has 0 radical (unpaired) electrons. The number of nitrogens with zero attached hydrogens (tertiary/aromatic N) is 2. The molecule has 1 amide bonds. The Morgan fingerprint density at radius 2 is 1.78 bits per heavy atom. The smallest absolute Gasteiger partial charge is 0.341 e. The first-order valence-corrected chi connectivity index (χ1v) is 9.81. The molecule has 1 aromatic heterocycles. The van der Waals surface area contributed by atoms with Crippen LogP contribution in [0.25, 0.3) is 0 Å². The third-order valence-electron chi connectivity index (χ3n) is 4.89. The molecule has 27 heavy (non-hydrogen) atoms. The van der Waals surface area contributed by atoms with Crippen LogP contribution >= 0.6 is 11.3 Å². The van der Waals surface area contributed by atoms with Crippen molar-refractivity contribution in [3.8, 4) is 0 Å². The Balaban J connectivity index is 1.57. The highest BCUT2D eigenvalue weighted by molar-refractivity contribution is 7.16. The number of aryl methyl sites for hydroxylation is 1. The number of methoxy groups -OCH3 is 1. The van der Waals surface area contributed by atoms with Crippen molar-refractivity contribution >= 4 is 33.9 Å². The lowest BCUT2D eigenvalue weighted by Crippen LogP contribution is -2.48. The monoisotopic (exact) mass is 387 g/mol. The van der Waals surface area contributed by atoms with Gasteiger partial charge >= 0.3 is 5.97 Å². The molecule has 2 heterocycles. The first kappa shape index (κ1) is 19.4. The molecular weight excluding hydrogens is 362 g/mol. The molecule has 0 unspecified atom stereocenters. The van der Waals surface area contributed by atoms with Crippen LogP contribution in [-0.4, -0.2) is 56.6 Å². The lowest BCUT2D eigenvalue weighted by atomic mass is 10.1. The fraction of sp³-hybridized carbons (Fsp3) is 0.400. The second-order valence-electron chi connectivity index (χ2n) is 6.63. The average Bonchev–Trinajstić information content (AvgIpc) is 2.95. The van der Waals surface area contributed by atoms with Crippen LogP contribution in [0.3, 0.4) is 0 Å². The molecule has 0 aliphatic carbocycles. The van der Waals surface area contributed by atoms with Crippen molar-refractivity contribution in [2.75, 3.05) is 50.1 Å². The van der Waals surface area contributed by atoms with E-state index in [0.717, 1.165) is 36.6 Å². The Kier molecular flexibility index (Phi) is 6.13. The molecule has 0 spiro atoms. The molecule has 1 N–H and O–H groups in total. The number of thiophene rings is 1. The number of ether oxygens (including phenoxy) is 1. The summed E-state index contributed by atoms with van der Waals surface area (Å²) in [5.41, 5.74) is 2.54. The molecular formula is C20H25N3O3S. The van der Waals surface area contributed by atoms with Gasteiger partial charge in [-0.05, 0) is 31.5 Å². The van der Waals surface area contributed by atoms with E-state index in [1.54, 1.807) is 0 Å². The number of para-hydroxylation sites is 1. The average molecular weight is 388 g/mol. The van der Waals surface area contributed by atoms with Crippen molar-refractivity contribution in [3.63, 3.8) is 0 Å². The first-order chi connectivity index (χ1) is 13.0. The van der Waals surface area contributed by atoms with Gasteiger partial charge in [0.25, 0.3) is 0 Å². The van der Waals surface area contributed by atoms with Crippen molar-refractivity contribution in [2.45, 2.75) is 13.8 Å². The normalized spacial score (nSPS) is 14.9. The molecule has 0 bridgehead atoms. The van der Waals surface area contributed by atoms with Crippen LogP contribution in [0, 0.1) is 13.8 Å². The third-order valence-corrected chi connectivity index (χ3v) is 6.01. The van der Waals surface area contributed by atoms with Gasteiger partial charge in [0.2, 0.25) is 5.91 Å². The van der Waals surface area contributed by atoms with Crippen LogP contribution in [-0.2, 0) is 9.53 Å². The second kappa shape index (κ2) is 8.54. The van der Waals surface area contributed by atoms with Crippen LogP contribution in [0.5, 0.6) is 0 Å². The molecule has 1 aliphatic rings. The zero-order valence-electron chi connectivity index (χ0n) is 15.9. The molecule has 6 nitrogen and oxygen atoms in total. The van der Waals surface area contributed by atoms with Crippen molar-refractivity contribution in [1.82, 2.24) is 4.90 Å². The van der Waals surface area contributed by atoms with E-state index in [4.69, 9.17) is 4.74 Å². The van der Waals surface area contributed by atoms with Crippen molar-refractivity contribution < 1.29 is 14.3 Å². The van der Waals surface area contributed by atoms with Crippen molar-refractivity contribution in [2.24, 2.45) is 0 Å². The Morgan fingerprint density at radius 3 is 2.41 bits per heavy atom. The summed E-state index contributed by atoms with van der Waals surface area (Å²) in [6, 6.07) is 10.3. The maximum Gasteiger partial charge on any atom is 0.341 e. The summed E-state index contributed by atoms with van der Waals surface area (Å²) >= 11 is 1.41. The van der Waals surface area contributed by atoms with Crippen LogP contribution in [0.1, 0.15) is 20.8 Å². The van der Waals surface area contributed by atoms with Crippen LogP contribution in [0.4, 0.5) is 10.7 Å². The van der Waals surface area contributed by atoms with E-state index in [0.29, 0.717) is 17.1 Å². The molecule has 7 heteroatoms. The summed E-state index contributed by atoms with van der Waals surface area (Å²) in [5, 5.41) is 3.47. The van der Waals surface area contributed by atoms with Crippen molar-refractivity contribution in [3.05, 3.63) is 46.3 Å². The molecule has 3 rings (SSSR count). The van der Waals surface area contributed by atoms with E-state index in [1.165, 1.54) is 24.1 Å². The number of hydrogen-bond donors (Lipinski definition) is 1. The number of anilines is 2. The quantitative estimate of drug-likeness (QED) is 0.800. The fourth-order valence-electron chi connectivity index (χ4n) is 3.24. The van der Waals surface area contributed by atoms with Gasteiger partial charge in [0.1, 0.15) is 5.00 Å². The molecule has 1 aliphatic heterocycles. The lowest BCUT2D eigenvalue weighted by molar-refractivity contribution is -0.117. The van der Waals surface area contributed by atoms with Gasteiger partial charge < -0.3 is 15.0 Å². The fourth-order valence-corrected chi connectivity index (χ4v) is 4.30. The maximum atomic E-state index is 12.5. The number of carbonyl (C=O) groups excluding carboxylic acids is 2. The van der Waals surface area contributed by atoms with Gasteiger partial charge in [0.05, 0.1) is 19.2 Å². The number of piperazine rings is 1. The largest absolute Gasteiger partial charge is 0.465 e. The van der Waals surface area contributed by atoms with Crippen LogP contribution in [0.15, 0.2) is 30.3 Å². The van der Waals surface area contributed by atoms with E-state index in [2.05, 4.69) is 27.2 Å². The zero-order chi connectivity index (χ0) is 19.4. The highest BCUT2D eigenvalue weighted by Crippen LogP contribution is 2.32. The SMILES string of the molecule is COC(=O)c1c(NC(=O)CN2CCN(c3ccccc3)CC2)sc(C)c1C. The van der Waals surface area contributed by atoms with Crippen LogP contribution in [0.2, 0.25) is 0 Å². The summed E-state index contributed by atoms with van der Waals surface area (Å²) in [6.07, 6.45) is 0. The van der Waals surface area contributed by atoms with E-state index in [-0.39, 0.29) is 5.91 Å². The number of nitrogens with one attached hydrogen (secondary N) is 1. The molecule has 1 aromatic carbocycles. The Morgan fingerprint density at radius 1 is 1.11 bits per heavy atom. The summed E-state index contributed by atoms with van der Waals surface area (Å²) in [7, 11) is 1.35. The summed E-state index contributed by atoms with van der Waals surface area (Å²) < 4.78 is 4.86. The number of hydrogen-bond acceptors (Lipinski definition) is 6. The highest BCUT2D eigenvalue weighted by Gasteiger charge is 2.23. The minimum atomic E-state index is -0.413. The lowest BCUT2D eigenvalue weighted by Gasteiger charge is -2.35. The van der Waals surface area contributed by atoms with Gasteiger partial charge in [0, 0.05) is 36.7 Å². The second-order valence-corrected chi connectivity index (χ2v) is 7.85. The van der Waals surface area contributed by atoms with Gasteiger partial charge in [-0.3, -0.25) is 9.69 Å². The number of esters is 1. The Bertz CT molecular complexity index is 811. The topological polar surface area (TPSA) is 61.9 Å². The zero-order valence-corrected chi connectivity index (χ0v) is 16.8. The predicted octanol–water partition coefficient (Wildman–Crippen LogP) is 2.91. The Hall–Kier alpha value is -2.38. The molecule has 1 fully saturated rings. The number of rotatable bonds is 5.